The van der Waals surface area contributed by atoms with Gasteiger partial charge in [0.2, 0.25) is 5.91 Å². The van der Waals surface area contributed by atoms with Crippen molar-refractivity contribution in [1.29, 1.82) is 0 Å². The molecule has 18 heavy (non-hydrogen) atoms. The highest BCUT2D eigenvalue weighted by molar-refractivity contribution is 5.76. The number of hydrogen-bond acceptors (Lipinski definition) is 3. The maximum atomic E-state index is 11.3. The fourth-order valence-electron chi connectivity index (χ4n) is 1.54. The van der Waals surface area contributed by atoms with E-state index in [1.54, 1.807) is 0 Å². The first-order valence-electron chi connectivity index (χ1n) is 7.13. The van der Waals surface area contributed by atoms with E-state index < -0.39 is 0 Å². The standard InChI is InChI=1S/C14H27NO3/c1-3-5-7-9-13(16)15-11-10-14(17)18-12-8-6-4-2/h3-12H2,1-2H3,(H,15,16). The Bertz CT molecular complexity index is 229. The van der Waals surface area contributed by atoms with Crippen LogP contribution in [0.4, 0.5) is 0 Å². The molecule has 1 amide bonds. The van der Waals surface area contributed by atoms with Gasteiger partial charge in [0.05, 0.1) is 13.0 Å². The summed E-state index contributed by atoms with van der Waals surface area (Å²) in [5.41, 5.74) is 0. The van der Waals surface area contributed by atoms with Crippen LogP contribution in [-0.2, 0) is 14.3 Å². The van der Waals surface area contributed by atoms with E-state index in [4.69, 9.17) is 4.74 Å². The maximum absolute atomic E-state index is 11.3. The minimum Gasteiger partial charge on any atom is -0.466 e. The fraction of sp³-hybridized carbons (Fsp3) is 0.857. The van der Waals surface area contributed by atoms with Crippen LogP contribution in [0.1, 0.15) is 65.2 Å². The van der Waals surface area contributed by atoms with Crippen LogP contribution in [0, 0.1) is 0 Å². The van der Waals surface area contributed by atoms with E-state index >= 15 is 0 Å². The summed E-state index contributed by atoms with van der Waals surface area (Å²) in [7, 11) is 0. The zero-order valence-electron chi connectivity index (χ0n) is 11.8. The van der Waals surface area contributed by atoms with Crippen LogP contribution >= 0.6 is 0 Å². The van der Waals surface area contributed by atoms with Crippen molar-refractivity contribution in [1.82, 2.24) is 5.32 Å². The molecule has 0 rings (SSSR count). The topological polar surface area (TPSA) is 55.4 Å². The van der Waals surface area contributed by atoms with E-state index in [-0.39, 0.29) is 18.3 Å². The normalized spacial score (nSPS) is 10.1. The second-order valence-electron chi connectivity index (χ2n) is 4.48. The highest BCUT2D eigenvalue weighted by Crippen LogP contribution is 1.98. The van der Waals surface area contributed by atoms with E-state index in [1.807, 2.05) is 0 Å². The first-order valence-corrected chi connectivity index (χ1v) is 7.13. The molecule has 0 atom stereocenters. The zero-order valence-corrected chi connectivity index (χ0v) is 11.8. The van der Waals surface area contributed by atoms with Crippen molar-refractivity contribution in [3.8, 4) is 0 Å². The first kappa shape index (κ1) is 16.9. The van der Waals surface area contributed by atoms with Crippen molar-refractivity contribution < 1.29 is 14.3 Å². The second-order valence-corrected chi connectivity index (χ2v) is 4.48. The minimum atomic E-state index is -0.222. The Kier molecular flexibility index (Phi) is 11.7. The van der Waals surface area contributed by atoms with Gasteiger partial charge in [-0.3, -0.25) is 9.59 Å². The number of carbonyl (C=O) groups excluding carboxylic acids is 2. The molecule has 0 aromatic rings. The predicted octanol–water partition coefficient (Wildman–Crippen LogP) is 2.81. The molecule has 0 bridgehead atoms. The Morgan fingerprint density at radius 1 is 0.944 bits per heavy atom. The quantitative estimate of drug-likeness (QED) is 0.457. The maximum Gasteiger partial charge on any atom is 0.307 e. The van der Waals surface area contributed by atoms with Gasteiger partial charge in [0.15, 0.2) is 0 Å². The van der Waals surface area contributed by atoms with Gasteiger partial charge in [-0.2, -0.15) is 0 Å². The smallest absolute Gasteiger partial charge is 0.307 e. The molecule has 0 unspecified atom stereocenters. The van der Waals surface area contributed by atoms with E-state index in [9.17, 15) is 9.59 Å². The van der Waals surface area contributed by atoms with E-state index in [0.717, 1.165) is 38.5 Å². The summed E-state index contributed by atoms with van der Waals surface area (Å²) < 4.78 is 5.03. The lowest BCUT2D eigenvalue weighted by Crippen LogP contribution is -2.26. The van der Waals surface area contributed by atoms with E-state index in [2.05, 4.69) is 19.2 Å². The van der Waals surface area contributed by atoms with Gasteiger partial charge in [0, 0.05) is 13.0 Å². The van der Waals surface area contributed by atoms with Crippen LogP contribution in [0.15, 0.2) is 0 Å². The van der Waals surface area contributed by atoms with Crippen LogP contribution in [0.2, 0.25) is 0 Å². The zero-order chi connectivity index (χ0) is 13.6. The molecule has 0 aromatic heterocycles. The van der Waals surface area contributed by atoms with Crippen molar-refractivity contribution in [2.24, 2.45) is 0 Å². The summed E-state index contributed by atoms with van der Waals surface area (Å²) in [6, 6.07) is 0. The van der Waals surface area contributed by atoms with Crippen molar-refractivity contribution in [2.75, 3.05) is 13.2 Å². The lowest BCUT2D eigenvalue weighted by Gasteiger charge is -2.06. The molecule has 0 saturated carbocycles. The predicted molar refractivity (Wildman–Crippen MR) is 72.3 cm³/mol. The number of unbranched alkanes of at least 4 members (excludes halogenated alkanes) is 4. The van der Waals surface area contributed by atoms with Crippen LogP contribution in [0.5, 0.6) is 0 Å². The van der Waals surface area contributed by atoms with Crippen molar-refractivity contribution in [3.63, 3.8) is 0 Å². The fourth-order valence-corrected chi connectivity index (χ4v) is 1.54. The van der Waals surface area contributed by atoms with Gasteiger partial charge < -0.3 is 10.1 Å². The van der Waals surface area contributed by atoms with Crippen molar-refractivity contribution >= 4 is 11.9 Å². The Balaban J connectivity index is 3.35. The van der Waals surface area contributed by atoms with Crippen LogP contribution < -0.4 is 5.32 Å². The highest BCUT2D eigenvalue weighted by atomic mass is 16.5. The summed E-state index contributed by atoms with van der Waals surface area (Å²) in [6.07, 6.45) is 7.05. The van der Waals surface area contributed by atoms with Gasteiger partial charge in [-0.05, 0) is 12.8 Å². The molecule has 0 radical (unpaired) electrons. The summed E-state index contributed by atoms with van der Waals surface area (Å²) in [5, 5.41) is 2.73. The summed E-state index contributed by atoms with van der Waals surface area (Å²) >= 11 is 0. The van der Waals surface area contributed by atoms with Crippen molar-refractivity contribution in [3.05, 3.63) is 0 Å². The Hall–Kier alpha value is -1.06. The van der Waals surface area contributed by atoms with E-state index in [1.165, 1.54) is 0 Å². The molecule has 0 heterocycles. The monoisotopic (exact) mass is 257 g/mol. The minimum absolute atomic E-state index is 0.0298. The second kappa shape index (κ2) is 12.4. The van der Waals surface area contributed by atoms with Gasteiger partial charge in [0.25, 0.3) is 0 Å². The van der Waals surface area contributed by atoms with Gasteiger partial charge in [-0.1, -0.05) is 39.5 Å². The van der Waals surface area contributed by atoms with Crippen molar-refractivity contribution in [2.45, 2.75) is 65.2 Å². The summed E-state index contributed by atoms with van der Waals surface area (Å²) in [4.78, 5) is 22.6. The molecule has 1 N–H and O–H groups in total. The molecule has 4 nitrogen and oxygen atoms in total. The molecule has 0 aliphatic carbocycles. The largest absolute Gasteiger partial charge is 0.466 e. The third kappa shape index (κ3) is 11.4. The van der Waals surface area contributed by atoms with Gasteiger partial charge in [0.1, 0.15) is 0 Å². The number of carbonyl (C=O) groups is 2. The number of amides is 1. The van der Waals surface area contributed by atoms with E-state index in [0.29, 0.717) is 19.6 Å². The molecular formula is C14H27NO3. The molecule has 4 heteroatoms. The number of esters is 1. The van der Waals surface area contributed by atoms with Crippen LogP contribution in [-0.4, -0.2) is 25.0 Å². The van der Waals surface area contributed by atoms with Crippen LogP contribution in [0.25, 0.3) is 0 Å². The molecular weight excluding hydrogens is 230 g/mol. The molecule has 0 fully saturated rings. The molecule has 0 aliphatic rings. The summed E-state index contributed by atoms with van der Waals surface area (Å²) in [5.74, 6) is -0.192. The Morgan fingerprint density at radius 2 is 1.61 bits per heavy atom. The summed E-state index contributed by atoms with van der Waals surface area (Å²) in [6.45, 7) is 5.09. The molecule has 106 valence electrons. The Labute approximate surface area is 110 Å². The third-order valence-corrected chi connectivity index (χ3v) is 2.67. The SMILES string of the molecule is CCCCCOC(=O)CCNC(=O)CCCCC. The Morgan fingerprint density at radius 3 is 2.28 bits per heavy atom. The number of rotatable bonds is 11. The number of ether oxygens (including phenoxy) is 1. The highest BCUT2D eigenvalue weighted by Gasteiger charge is 2.04. The third-order valence-electron chi connectivity index (χ3n) is 2.67. The lowest BCUT2D eigenvalue weighted by atomic mass is 10.2. The first-order chi connectivity index (χ1) is 8.70. The average molecular weight is 257 g/mol. The number of hydrogen-bond donors (Lipinski definition) is 1. The molecule has 0 saturated heterocycles. The van der Waals surface area contributed by atoms with Gasteiger partial charge in [-0.15, -0.1) is 0 Å². The van der Waals surface area contributed by atoms with Gasteiger partial charge >= 0.3 is 5.97 Å². The van der Waals surface area contributed by atoms with Gasteiger partial charge in [-0.25, -0.2) is 0 Å². The molecule has 0 aromatic carbocycles. The molecule has 0 aliphatic heterocycles. The molecule has 0 spiro atoms. The van der Waals surface area contributed by atoms with Crippen LogP contribution in [0.3, 0.4) is 0 Å². The average Bonchev–Trinajstić information content (AvgIpc) is 2.35. The number of nitrogens with one attached hydrogen (secondary N) is 1. The lowest BCUT2D eigenvalue weighted by molar-refractivity contribution is -0.143.